The van der Waals surface area contributed by atoms with Gasteiger partial charge in [0, 0.05) is 19.6 Å². The maximum atomic E-state index is 11.7. The van der Waals surface area contributed by atoms with Crippen LogP contribution in [0.2, 0.25) is 0 Å². The summed E-state index contributed by atoms with van der Waals surface area (Å²) in [6.07, 6.45) is 0.925. The smallest absolute Gasteiger partial charge is 0.323 e. The van der Waals surface area contributed by atoms with Crippen LogP contribution in [0.4, 0.5) is 4.79 Å². The van der Waals surface area contributed by atoms with Crippen LogP contribution in [0.1, 0.15) is 13.3 Å². The largest absolute Gasteiger partial charge is 0.324 e. The van der Waals surface area contributed by atoms with E-state index in [1.54, 1.807) is 11.8 Å². The first kappa shape index (κ1) is 13.3. The lowest BCUT2D eigenvalue weighted by Crippen LogP contribution is -2.46. The van der Waals surface area contributed by atoms with Gasteiger partial charge in [-0.1, -0.05) is 0 Å². The predicted molar refractivity (Wildman–Crippen MR) is 62.5 cm³/mol. The molecule has 0 spiro atoms. The second-order valence-corrected chi connectivity index (χ2v) is 4.71. The number of hydrogen-bond donors (Lipinski definition) is 1. The molecule has 6 heteroatoms. The Balaban J connectivity index is 2.44. The van der Waals surface area contributed by atoms with E-state index in [-0.39, 0.29) is 6.03 Å². The summed E-state index contributed by atoms with van der Waals surface area (Å²) >= 11 is 5.58. The van der Waals surface area contributed by atoms with E-state index in [2.05, 4.69) is 10.2 Å². The number of rotatable bonds is 1. The van der Waals surface area contributed by atoms with Gasteiger partial charge in [0.2, 0.25) is 5.91 Å². The van der Waals surface area contributed by atoms with Crippen molar-refractivity contribution in [3.05, 3.63) is 0 Å². The van der Waals surface area contributed by atoms with Crippen LogP contribution in [0.5, 0.6) is 0 Å². The summed E-state index contributed by atoms with van der Waals surface area (Å²) in [6, 6.07) is -0.340. The fraction of sp³-hybridized carbons (Fsp3) is 0.800. The van der Waals surface area contributed by atoms with Crippen LogP contribution in [-0.2, 0) is 4.79 Å². The molecule has 1 N–H and O–H groups in total. The van der Waals surface area contributed by atoms with Crippen molar-refractivity contribution in [2.45, 2.75) is 18.7 Å². The third-order valence-corrected chi connectivity index (χ3v) is 2.80. The number of carbonyl (C=O) groups is 2. The Bertz CT molecular complexity index is 271. The highest BCUT2D eigenvalue weighted by Crippen LogP contribution is 2.02. The molecule has 1 aliphatic heterocycles. The second kappa shape index (κ2) is 6.06. The molecule has 1 atom stereocenters. The molecule has 1 heterocycles. The minimum absolute atomic E-state index is 0.340. The lowest BCUT2D eigenvalue weighted by Gasteiger charge is -2.20. The zero-order chi connectivity index (χ0) is 12.1. The predicted octanol–water partition coefficient (Wildman–Crippen LogP) is 0.487. The Kier molecular flexibility index (Phi) is 5.02. The summed E-state index contributed by atoms with van der Waals surface area (Å²) in [5.41, 5.74) is 0. The summed E-state index contributed by atoms with van der Waals surface area (Å²) in [6.45, 7) is 4.68. The van der Waals surface area contributed by atoms with Crippen molar-refractivity contribution in [3.63, 3.8) is 0 Å². The molecule has 1 rings (SSSR count). The van der Waals surface area contributed by atoms with E-state index in [1.807, 2.05) is 7.05 Å². The fourth-order valence-corrected chi connectivity index (χ4v) is 1.59. The van der Waals surface area contributed by atoms with Gasteiger partial charge in [-0.05, 0) is 26.9 Å². The number of nitrogens with zero attached hydrogens (tertiary/aromatic N) is 2. The van der Waals surface area contributed by atoms with Gasteiger partial charge in [-0.2, -0.15) is 0 Å². The molecule has 3 amide bonds. The first-order valence-electron chi connectivity index (χ1n) is 5.43. The molecule has 0 radical (unpaired) electrons. The Morgan fingerprint density at radius 2 is 1.94 bits per heavy atom. The maximum absolute atomic E-state index is 11.7. The number of alkyl halides is 1. The molecule has 0 saturated carbocycles. The van der Waals surface area contributed by atoms with E-state index in [0.717, 1.165) is 19.5 Å². The minimum atomic E-state index is -0.682. The maximum Gasteiger partial charge on any atom is 0.324 e. The lowest BCUT2D eigenvalue weighted by molar-refractivity contribution is -0.119. The van der Waals surface area contributed by atoms with Crippen LogP contribution in [0.15, 0.2) is 0 Å². The molecule has 1 unspecified atom stereocenters. The van der Waals surface area contributed by atoms with Crippen LogP contribution in [0.3, 0.4) is 0 Å². The zero-order valence-corrected chi connectivity index (χ0v) is 10.5. The summed E-state index contributed by atoms with van der Waals surface area (Å²) in [5.74, 6) is -0.440. The van der Waals surface area contributed by atoms with Gasteiger partial charge in [-0.3, -0.25) is 10.1 Å². The molecule has 0 aliphatic carbocycles. The van der Waals surface area contributed by atoms with Gasteiger partial charge in [0.05, 0.1) is 0 Å². The van der Waals surface area contributed by atoms with Crippen LogP contribution >= 0.6 is 11.6 Å². The quantitative estimate of drug-likeness (QED) is 0.686. The normalized spacial score (nSPS) is 20.1. The van der Waals surface area contributed by atoms with Crippen molar-refractivity contribution in [1.82, 2.24) is 15.1 Å². The minimum Gasteiger partial charge on any atom is -0.323 e. The van der Waals surface area contributed by atoms with E-state index in [1.165, 1.54) is 0 Å². The summed E-state index contributed by atoms with van der Waals surface area (Å²) in [7, 11) is 2.02. The number of carbonyl (C=O) groups excluding carboxylic acids is 2. The average molecular weight is 248 g/mol. The monoisotopic (exact) mass is 247 g/mol. The third kappa shape index (κ3) is 3.98. The second-order valence-electron chi connectivity index (χ2n) is 4.05. The molecule has 1 saturated heterocycles. The van der Waals surface area contributed by atoms with Gasteiger partial charge >= 0.3 is 6.03 Å². The van der Waals surface area contributed by atoms with E-state index in [9.17, 15) is 9.59 Å². The molecule has 5 nitrogen and oxygen atoms in total. The van der Waals surface area contributed by atoms with Gasteiger partial charge in [0.1, 0.15) is 5.38 Å². The van der Waals surface area contributed by atoms with Crippen LogP contribution in [0.25, 0.3) is 0 Å². The topological polar surface area (TPSA) is 52.7 Å². The first-order valence-corrected chi connectivity index (χ1v) is 5.86. The molecule has 0 aromatic carbocycles. The number of halogens is 1. The molecular weight excluding hydrogens is 230 g/mol. The zero-order valence-electron chi connectivity index (χ0n) is 9.70. The molecule has 1 fully saturated rings. The van der Waals surface area contributed by atoms with Crippen LogP contribution in [-0.4, -0.2) is 60.3 Å². The standard InChI is InChI=1S/C10H18ClN3O2/c1-8(11)9(15)12-10(16)14-5-3-4-13(2)6-7-14/h8H,3-7H2,1-2H3,(H,12,15,16). The average Bonchev–Trinajstić information content (AvgIpc) is 2.42. The van der Waals surface area contributed by atoms with Gasteiger partial charge in [-0.15, -0.1) is 11.6 Å². The fourth-order valence-electron chi connectivity index (χ4n) is 1.53. The number of imide groups is 1. The molecule has 0 aromatic rings. The number of likely N-dealkylation sites (N-methyl/N-ethyl adjacent to an activating group) is 1. The van der Waals surface area contributed by atoms with Gasteiger partial charge in [-0.25, -0.2) is 4.79 Å². The van der Waals surface area contributed by atoms with E-state index >= 15 is 0 Å². The number of nitrogens with one attached hydrogen (secondary N) is 1. The summed E-state index contributed by atoms with van der Waals surface area (Å²) in [4.78, 5) is 26.8. The summed E-state index contributed by atoms with van der Waals surface area (Å²) < 4.78 is 0. The van der Waals surface area contributed by atoms with Crippen molar-refractivity contribution in [2.24, 2.45) is 0 Å². The van der Waals surface area contributed by atoms with Gasteiger partial charge in [0.15, 0.2) is 0 Å². The van der Waals surface area contributed by atoms with Crippen molar-refractivity contribution in [1.29, 1.82) is 0 Å². The molecule has 16 heavy (non-hydrogen) atoms. The third-order valence-electron chi connectivity index (χ3n) is 2.60. The highest BCUT2D eigenvalue weighted by molar-refractivity contribution is 6.31. The van der Waals surface area contributed by atoms with E-state index < -0.39 is 11.3 Å². The van der Waals surface area contributed by atoms with Gasteiger partial charge < -0.3 is 9.80 Å². The SMILES string of the molecule is CC(Cl)C(=O)NC(=O)N1CCCN(C)CC1. The number of hydrogen-bond acceptors (Lipinski definition) is 3. The highest BCUT2D eigenvalue weighted by Gasteiger charge is 2.20. The summed E-state index contributed by atoms with van der Waals surface area (Å²) in [5, 5.41) is 1.61. The van der Waals surface area contributed by atoms with E-state index in [4.69, 9.17) is 11.6 Å². The Morgan fingerprint density at radius 1 is 1.25 bits per heavy atom. The Labute approximate surface area is 101 Å². The Morgan fingerprint density at radius 3 is 2.56 bits per heavy atom. The molecule has 0 bridgehead atoms. The molecule has 92 valence electrons. The highest BCUT2D eigenvalue weighted by atomic mass is 35.5. The lowest BCUT2D eigenvalue weighted by atomic mass is 10.4. The van der Waals surface area contributed by atoms with Crippen LogP contribution < -0.4 is 5.32 Å². The Hall–Kier alpha value is -0.810. The van der Waals surface area contributed by atoms with Gasteiger partial charge in [0.25, 0.3) is 0 Å². The molecular formula is C10H18ClN3O2. The van der Waals surface area contributed by atoms with E-state index in [0.29, 0.717) is 13.1 Å². The first-order chi connectivity index (χ1) is 7.50. The van der Waals surface area contributed by atoms with Crippen molar-refractivity contribution in [3.8, 4) is 0 Å². The molecule has 1 aliphatic rings. The number of urea groups is 1. The number of amides is 3. The molecule has 0 aromatic heterocycles. The van der Waals surface area contributed by atoms with Crippen LogP contribution in [0, 0.1) is 0 Å². The van der Waals surface area contributed by atoms with Crippen molar-refractivity contribution < 1.29 is 9.59 Å². The van der Waals surface area contributed by atoms with Crippen molar-refractivity contribution in [2.75, 3.05) is 33.2 Å². The van der Waals surface area contributed by atoms with Crippen molar-refractivity contribution >= 4 is 23.5 Å².